The van der Waals surface area contributed by atoms with E-state index >= 15 is 0 Å². The summed E-state index contributed by atoms with van der Waals surface area (Å²) in [5.74, 6) is 0.776. The van der Waals surface area contributed by atoms with Gasteiger partial charge in [0.05, 0.1) is 36.4 Å². The van der Waals surface area contributed by atoms with Gasteiger partial charge < -0.3 is 10.1 Å². The van der Waals surface area contributed by atoms with E-state index < -0.39 is 0 Å². The lowest BCUT2D eigenvalue weighted by Crippen LogP contribution is -2.24. The Balaban J connectivity index is 2.30. The fourth-order valence-corrected chi connectivity index (χ4v) is 2.07. The summed E-state index contributed by atoms with van der Waals surface area (Å²) in [7, 11) is 0. The third-order valence-corrected chi connectivity index (χ3v) is 3.07. The molecule has 0 spiro atoms. The third-order valence-electron chi connectivity index (χ3n) is 3.07. The van der Waals surface area contributed by atoms with Crippen LogP contribution in [0.25, 0.3) is 0 Å². The van der Waals surface area contributed by atoms with Crippen LogP contribution in [0.1, 0.15) is 43.3 Å². The van der Waals surface area contributed by atoms with E-state index in [-0.39, 0.29) is 6.04 Å². The SMILES string of the molecule is CCCNC(c1cncc(OCC)c1)c1cnc(C)cn1. The predicted molar refractivity (Wildman–Crippen MR) is 82.3 cm³/mol. The van der Waals surface area contributed by atoms with Crippen LogP contribution in [0.5, 0.6) is 5.75 Å². The second-order valence-corrected chi connectivity index (χ2v) is 4.86. The number of ether oxygens (including phenoxy) is 1. The van der Waals surface area contributed by atoms with Gasteiger partial charge in [0, 0.05) is 12.4 Å². The van der Waals surface area contributed by atoms with E-state index in [1.807, 2.05) is 32.3 Å². The second kappa shape index (κ2) is 7.69. The average Bonchev–Trinajstić information content (AvgIpc) is 2.50. The van der Waals surface area contributed by atoms with E-state index in [4.69, 9.17) is 4.74 Å². The molecule has 0 fully saturated rings. The Labute approximate surface area is 125 Å². The maximum Gasteiger partial charge on any atom is 0.137 e. The molecule has 0 radical (unpaired) electrons. The van der Waals surface area contributed by atoms with Gasteiger partial charge in [-0.2, -0.15) is 0 Å². The Kier molecular flexibility index (Phi) is 5.63. The number of hydrogen-bond donors (Lipinski definition) is 1. The highest BCUT2D eigenvalue weighted by Crippen LogP contribution is 2.22. The Morgan fingerprint density at radius 3 is 2.67 bits per heavy atom. The standard InChI is InChI=1S/C16H22N4O/c1-4-6-18-16(15-11-19-12(3)8-20-15)13-7-14(21-5-2)10-17-9-13/h7-11,16,18H,4-6H2,1-3H3. The normalized spacial score (nSPS) is 12.1. The van der Waals surface area contributed by atoms with Crippen molar-refractivity contribution in [2.75, 3.05) is 13.2 Å². The van der Waals surface area contributed by atoms with Crippen molar-refractivity contribution in [3.63, 3.8) is 0 Å². The first-order valence-electron chi connectivity index (χ1n) is 7.34. The zero-order valence-corrected chi connectivity index (χ0v) is 12.8. The Hall–Kier alpha value is -2.01. The van der Waals surface area contributed by atoms with Gasteiger partial charge in [-0.1, -0.05) is 6.92 Å². The molecule has 2 heterocycles. The molecule has 1 unspecified atom stereocenters. The highest BCUT2D eigenvalue weighted by Gasteiger charge is 2.16. The molecule has 5 heteroatoms. The molecule has 0 aliphatic carbocycles. The third kappa shape index (κ3) is 4.23. The molecule has 21 heavy (non-hydrogen) atoms. The molecule has 0 amide bonds. The summed E-state index contributed by atoms with van der Waals surface area (Å²) in [5, 5.41) is 3.49. The maximum atomic E-state index is 5.53. The Morgan fingerprint density at radius 1 is 1.14 bits per heavy atom. The lowest BCUT2D eigenvalue weighted by molar-refractivity contribution is 0.338. The van der Waals surface area contributed by atoms with E-state index in [0.717, 1.165) is 35.7 Å². The van der Waals surface area contributed by atoms with E-state index in [9.17, 15) is 0 Å². The fourth-order valence-electron chi connectivity index (χ4n) is 2.07. The first-order chi connectivity index (χ1) is 10.2. The van der Waals surface area contributed by atoms with Gasteiger partial charge in [-0.3, -0.25) is 15.0 Å². The van der Waals surface area contributed by atoms with Crippen LogP contribution in [0.15, 0.2) is 30.9 Å². The van der Waals surface area contributed by atoms with Gasteiger partial charge in [0.15, 0.2) is 0 Å². The lowest BCUT2D eigenvalue weighted by Gasteiger charge is -2.18. The zero-order valence-electron chi connectivity index (χ0n) is 12.8. The molecule has 2 rings (SSSR count). The number of hydrogen-bond acceptors (Lipinski definition) is 5. The van der Waals surface area contributed by atoms with E-state index in [0.29, 0.717) is 6.61 Å². The molecule has 0 saturated heterocycles. The summed E-state index contributed by atoms with van der Waals surface area (Å²) >= 11 is 0. The quantitative estimate of drug-likeness (QED) is 0.848. The van der Waals surface area contributed by atoms with E-state index in [1.54, 1.807) is 12.4 Å². The van der Waals surface area contributed by atoms with Gasteiger partial charge in [0.2, 0.25) is 0 Å². The molecule has 0 bridgehead atoms. The molecule has 0 aliphatic heterocycles. The van der Waals surface area contributed by atoms with Crippen LogP contribution in [0.2, 0.25) is 0 Å². The van der Waals surface area contributed by atoms with Crippen LogP contribution in [-0.4, -0.2) is 28.1 Å². The topological polar surface area (TPSA) is 59.9 Å². The van der Waals surface area contributed by atoms with Crippen molar-refractivity contribution in [1.82, 2.24) is 20.3 Å². The van der Waals surface area contributed by atoms with Gasteiger partial charge >= 0.3 is 0 Å². The Morgan fingerprint density at radius 2 is 2.00 bits per heavy atom. The van der Waals surface area contributed by atoms with Crippen molar-refractivity contribution >= 4 is 0 Å². The first-order valence-corrected chi connectivity index (χ1v) is 7.34. The summed E-state index contributed by atoms with van der Waals surface area (Å²) < 4.78 is 5.53. The minimum atomic E-state index is -0.0223. The minimum Gasteiger partial charge on any atom is -0.492 e. The first kappa shape index (κ1) is 15.4. The van der Waals surface area contributed by atoms with Gasteiger partial charge in [0.1, 0.15) is 5.75 Å². The predicted octanol–water partition coefficient (Wildman–Crippen LogP) is 2.67. The second-order valence-electron chi connectivity index (χ2n) is 4.86. The van der Waals surface area contributed by atoms with Gasteiger partial charge in [-0.25, -0.2) is 0 Å². The summed E-state index contributed by atoms with van der Waals surface area (Å²) in [6, 6.07) is 1.98. The van der Waals surface area contributed by atoms with Crippen LogP contribution in [-0.2, 0) is 0 Å². The number of nitrogens with zero attached hydrogens (tertiary/aromatic N) is 3. The molecule has 5 nitrogen and oxygen atoms in total. The van der Waals surface area contributed by atoms with Crippen molar-refractivity contribution in [1.29, 1.82) is 0 Å². The van der Waals surface area contributed by atoms with Gasteiger partial charge in [0.25, 0.3) is 0 Å². The molecule has 112 valence electrons. The smallest absolute Gasteiger partial charge is 0.137 e. The highest BCUT2D eigenvalue weighted by molar-refractivity contribution is 5.30. The summed E-state index contributed by atoms with van der Waals surface area (Å²) in [6.07, 6.45) is 8.22. The Bertz CT molecular complexity index is 556. The monoisotopic (exact) mass is 286 g/mol. The molecule has 0 aromatic carbocycles. The van der Waals surface area contributed by atoms with E-state index in [2.05, 4.69) is 27.2 Å². The molecular weight excluding hydrogens is 264 g/mol. The minimum absolute atomic E-state index is 0.0223. The van der Waals surface area contributed by atoms with E-state index in [1.165, 1.54) is 0 Å². The van der Waals surface area contributed by atoms with Crippen LogP contribution in [0.3, 0.4) is 0 Å². The number of pyridine rings is 1. The molecule has 1 atom stereocenters. The van der Waals surface area contributed by atoms with Crippen molar-refractivity contribution in [2.45, 2.75) is 33.2 Å². The summed E-state index contributed by atoms with van der Waals surface area (Å²) in [6.45, 7) is 7.56. The average molecular weight is 286 g/mol. The summed E-state index contributed by atoms with van der Waals surface area (Å²) in [5.41, 5.74) is 2.84. The molecule has 2 aromatic rings. The number of rotatable bonds is 7. The lowest BCUT2D eigenvalue weighted by atomic mass is 10.1. The van der Waals surface area contributed by atoms with Crippen molar-refractivity contribution in [2.24, 2.45) is 0 Å². The van der Waals surface area contributed by atoms with Crippen LogP contribution < -0.4 is 10.1 Å². The van der Waals surface area contributed by atoms with Crippen molar-refractivity contribution in [3.05, 3.63) is 47.8 Å². The van der Waals surface area contributed by atoms with Crippen LogP contribution in [0, 0.1) is 6.92 Å². The van der Waals surface area contributed by atoms with Crippen LogP contribution >= 0.6 is 0 Å². The van der Waals surface area contributed by atoms with Crippen molar-refractivity contribution < 1.29 is 4.74 Å². The molecule has 0 aliphatic rings. The fraction of sp³-hybridized carbons (Fsp3) is 0.438. The number of nitrogens with one attached hydrogen (secondary N) is 1. The zero-order chi connectivity index (χ0) is 15.1. The maximum absolute atomic E-state index is 5.53. The van der Waals surface area contributed by atoms with Gasteiger partial charge in [-0.15, -0.1) is 0 Å². The highest BCUT2D eigenvalue weighted by atomic mass is 16.5. The van der Waals surface area contributed by atoms with Gasteiger partial charge in [-0.05, 0) is 38.4 Å². The molecule has 0 saturated carbocycles. The summed E-state index contributed by atoms with van der Waals surface area (Å²) in [4.78, 5) is 13.1. The molecule has 1 N–H and O–H groups in total. The largest absolute Gasteiger partial charge is 0.492 e. The van der Waals surface area contributed by atoms with Crippen LogP contribution in [0.4, 0.5) is 0 Å². The molecule has 2 aromatic heterocycles. The number of aromatic nitrogens is 3. The number of aryl methyl sites for hydroxylation is 1. The van der Waals surface area contributed by atoms with Crippen molar-refractivity contribution in [3.8, 4) is 5.75 Å². The molecular formula is C16H22N4O.